The number of aryl methyl sites for hydroxylation is 3. The van der Waals surface area contributed by atoms with Crippen molar-refractivity contribution in [3.63, 3.8) is 0 Å². The minimum absolute atomic E-state index is 0.0131. The first-order chi connectivity index (χ1) is 17.6. The minimum atomic E-state index is -0.221. The van der Waals surface area contributed by atoms with Crippen LogP contribution in [0.25, 0.3) is 10.9 Å². The van der Waals surface area contributed by atoms with E-state index in [0.717, 1.165) is 22.3 Å². The van der Waals surface area contributed by atoms with Gasteiger partial charge in [0.2, 0.25) is 0 Å². The van der Waals surface area contributed by atoms with Gasteiger partial charge in [-0.3, -0.25) is 19.0 Å². The number of Topliss-reactive ketones (excluding diaryl/α,β-unsaturated/α-hetero) is 1. The lowest BCUT2D eigenvalue weighted by Gasteiger charge is -2.14. The van der Waals surface area contributed by atoms with Crippen molar-refractivity contribution < 1.29 is 9.59 Å². The molecule has 0 saturated carbocycles. The van der Waals surface area contributed by atoms with Gasteiger partial charge in [-0.2, -0.15) is 0 Å². The maximum Gasteiger partial charge on any atom is 0.262 e. The van der Waals surface area contributed by atoms with Gasteiger partial charge in [0.1, 0.15) is 0 Å². The highest BCUT2D eigenvalue weighted by atomic mass is 32.2. The topological polar surface area (TPSA) is 81.1 Å². The molecule has 0 atom stereocenters. The Balaban J connectivity index is 1.75. The molecular weight excluding hydrogens is 482 g/mol. The van der Waals surface area contributed by atoms with Gasteiger partial charge in [0.05, 0.1) is 23.2 Å². The first-order valence-electron chi connectivity index (χ1n) is 12.3. The summed E-state index contributed by atoms with van der Waals surface area (Å²) in [6, 6.07) is 18.7. The number of amides is 1. The second-order valence-corrected chi connectivity index (χ2v) is 10.6. The van der Waals surface area contributed by atoms with E-state index >= 15 is 0 Å². The fourth-order valence-electron chi connectivity index (χ4n) is 4.06. The van der Waals surface area contributed by atoms with Gasteiger partial charge in [-0.15, -0.1) is 0 Å². The zero-order chi connectivity index (χ0) is 26.7. The summed E-state index contributed by atoms with van der Waals surface area (Å²) in [5.41, 5.74) is 5.37. The molecule has 4 aromatic rings. The predicted octanol–water partition coefficient (Wildman–Crippen LogP) is 5.48. The Bertz CT molecular complexity index is 1540. The summed E-state index contributed by atoms with van der Waals surface area (Å²) >= 11 is 1.24. The lowest BCUT2D eigenvalue weighted by atomic mass is 10.0. The Morgan fingerprint density at radius 2 is 1.65 bits per heavy atom. The van der Waals surface area contributed by atoms with Gasteiger partial charge in [0, 0.05) is 17.2 Å². The number of carbonyl (C=O) groups is 2. The van der Waals surface area contributed by atoms with Gasteiger partial charge in [-0.1, -0.05) is 59.3 Å². The Kier molecular flexibility index (Phi) is 7.93. The van der Waals surface area contributed by atoms with Gasteiger partial charge in [-0.05, 0) is 70.0 Å². The number of rotatable bonds is 8. The molecule has 4 rings (SSSR count). The highest BCUT2D eigenvalue weighted by molar-refractivity contribution is 7.99. The lowest BCUT2D eigenvalue weighted by Crippen LogP contribution is -2.30. The molecule has 1 aromatic heterocycles. The third-order valence-corrected chi connectivity index (χ3v) is 7.07. The van der Waals surface area contributed by atoms with Crippen LogP contribution in [0.5, 0.6) is 0 Å². The van der Waals surface area contributed by atoms with Crippen LogP contribution in [0.2, 0.25) is 0 Å². The van der Waals surface area contributed by atoms with Crippen LogP contribution in [-0.4, -0.2) is 33.0 Å². The summed E-state index contributed by atoms with van der Waals surface area (Å²) in [5.74, 6) is -0.0988. The van der Waals surface area contributed by atoms with E-state index in [1.165, 1.54) is 11.8 Å². The largest absolute Gasteiger partial charge is 0.350 e. The van der Waals surface area contributed by atoms with Crippen LogP contribution in [-0.2, 0) is 6.54 Å². The average molecular weight is 514 g/mol. The van der Waals surface area contributed by atoms with Crippen LogP contribution < -0.4 is 10.9 Å². The first-order valence-corrected chi connectivity index (χ1v) is 13.2. The quantitative estimate of drug-likeness (QED) is 0.192. The van der Waals surface area contributed by atoms with Crippen molar-refractivity contribution >= 4 is 34.4 Å². The molecule has 7 heteroatoms. The van der Waals surface area contributed by atoms with Crippen LogP contribution in [0.15, 0.2) is 70.6 Å². The predicted molar refractivity (Wildman–Crippen MR) is 150 cm³/mol. The van der Waals surface area contributed by atoms with Crippen molar-refractivity contribution in [3.05, 3.63) is 104 Å². The molecule has 0 radical (unpaired) electrons. The van der Waals surface area contributed by atoms with Gasteiger partial charge in [0.15, 0.2) is 10.9 Å². The van der Waals surface area contributed by atoms with Gasteiger partial charge < -0.3 is 5.32 Å². The summed E-state index contributed by atoms with van der Waals surface area (Å²) in [7, 11) is 0. The molecule has 3 aromatic carbocycles. The number of nitrogens with one attached hydrogen (secondary N) is 1. The fraction of sp³-hybridized carbons (Fsp3) is 0.267. The van der Waals surface area contributed by atoms with Crippen molar-refractivity contribution in [1.82, 2.24) is 14.9 Å². The number of thioether (sulfide) groups is 1. The standard InChI is InChI=1S/C30H31N3O3S/c1-18(2)31-28(35)23-12-13-24-26(15-23)32-30(33(29(24)36)16-22-10-7-19(3)8-11-22)37-17-27(34)25-14-20(4)6-9-21(25)5/h6-15,18H,16-17H2,1-5H3,(H,31,35). The third-order valence-electron chi connectivity index (χ3n) is 6.09. The molecule has 6 nitrogen and oxygen atoms in total. The molecule has 0 bridgehead atoms. The number of nitrogens with zero attached hydrogens (tertiary/aromatic N) is 2. The van der Waals surface area contributed by atoms with Crippen molar-refractivity contribution in [1.29, 1.82) is 0 Å². The van der Waals surface area contributed by atoms with Crippen LogP contribution in [0.1, 0.15) is 56.8 Å². The zero-order valence-electron chi connectivity index (χ0n) is 21.8. The number of hydrogen-bond donors (Lipinski definition) is 1. The van der Waals surface area contributed by atoms with E-state index in [1.807, 2.05) is 77.1 Å². The lowest BCUT2D eigenvalue weighted by molar-refractivity contribution is 0.0942. The molecule has 0 aliphatic carbocycles. The van der Waals surface area contributed by atoms with Crippen molar-refractivity contribution in [2.24, 2.45) is 0 Å². The van der Waals surface area contributed by atoms with E-state index < -0.39 is 0 Å². The average Bonchev–Trinajstić information content (AvgIpc) is 2.86. The molecule has 190 valence electrons. The summed E-state index contributed by atoms with van der Waals surface area (Å²) in [6.45, 7) is 10.0. The second kappa shape index (κ2) is 11.1. The molecule has 1 amide bonds. The second-order valence-electron chi connectivity index (χ2n) is 9.66. The molecule has 1 N–H and O–H groups in total. The first kappa shape index (κ1) is 26.4. The number of benzene rings is 3. The summed E-state index contributed by atoms with van der Waals surface area (Å²) in [4.78, 5) is 44.1. The molecule has 0 aliphatic rings. The van der Waals surface area contributed by atoms with E-state index in [1.54, 1.807) is 22.8 Å². The van der Waals surface area contributed by atoms with E-state index in [2.05, 4.69) is 5.32 Å². The highest BCUT2D eigenvalue weighted by Crippen LogP contribution is 2.22. The summed E-state index contributed by atoms with van der Waals surface area (Å²) < 4.78 is 1.61. The Morgan fingerprint density at radius 3 is 2.35 bits per heavy atom. The minimum Gasteiger partial charge on any atom is -0.350 e. The van der Waals surface area contributed by atoms with Crippen molar-refractivity contribution in [2.45, 2.75) is 52.4 Å². The molecule has 0 unspecified atom stereocenters. The molecule has 0 spiro atoms. The number of hydrogen-bond acceptors (Lipinski definition) is 5. The third kappa shape index (κ3) is 6.17. The van der Waals surface area contributed by atoms with Crippen molar-refractivity contribution in [2.75, 3.05) is 5.75 Å². The maximum atomic E-state index is 13.6. The van der Waals surface area contributed by atoms with E-state index in [0.29, 0.717) is 33.7 Å². The van der Waals surface area contributed by atoms with E-state index in [9.17, 15) is 14.4 Å². The van der Waals surface area contributed by atoms with Gasteiger partial charge in [-0.25, -0.2) is 4.98 Å². The van der Waals surface area contributed by atoms with Crippen LogP contribution in [0.3, 0.4) is 0 Å². The molecule has 0 aliphatic heterocycles. The number of carbonyl (C=O) groups excluding carboxylic acids is 2. The molecule has 1 heterocycles. The van der Waals surface area contributed by atoms with Crippen LogP contribution in [0, 0.1) is 20.8 Å². The van der Waals surface area contributed by atoms with Crippen LogP contribution in [0.4, 0.5) is 0 Å². The van der Waals surface area contributed by atoms with Crippen molar-refractivity contribution in [3.8, 4) is 0 Å². The van der Waals surface area contributed by atoms with Gasteiger partial charge >= 0.3 is 0 Å². The molecule has 0 saturated heterocycles. The summed E-state index contributed by atoms with van der Waals surface area (Å²) in [5, 5.41) is 3.74. The smallest absolute Gasteiger partial charge is 0.262 e. The normalized spacial score (nSPS) is 11.2. The zero-order valence-corrected chi connectivity index (χ0v) is 22.6. The van der Waals surface area contributed by atoms with E-state index in [4.69, 9.17) is 4.98 Å². The molecule has 0 fully saturated rings. The highest BCUT2D eigenvalue weighted by Gasteiger charge is 2.17. The Morgan fingerprint density at radius 1 is 0.946 bits per heavy atom. The maximum absolute atomic E-state index is 13.6. The summed E-state index contributed by atoms with van der Waals surface area (Å²) in [6.07, 6.45) is 0. The Hall–Kier alpha value is -3.71. The van der Waals surface area contributed by atoms with E-state index in [-0.39, 0.29) is 29.0 Å². The SMILES string of the molecule is Cc1ccc(Cn2c(SCC(=O)c3cc(C)ccc3C)nc3cc(C(=O)NC(C)C)ccc3c2=O)cc1. The number of aromatic nitrogens is 2. The monoisotopic (exact) mass is 513 g/mol. The number of ketones is 1. The Labute approximate surface area is 221 Å². The number of fused-ring (bicyclic) bond motifs is 1. The van der Waals surface area contributed by atoms with Crippen LogP contribution >= 0.6 is 11.8 Å². The van der Waals surface area contributed by atoms with Gasteiger partial charge in [0.25, 0.3) is 11.5 Å². The molecule has 37 heavy (non-hydrogen) atoms. The fourth-order valence-corrected chi connectivity index (χ4v) is 4.94. The molecular formula is C30H31N3O3S.